The van der Waals surface area contributed by atoms with E-state index in [4.69, 9.17) is 0 Å². The molecule has 1 unspecified atom stereocenters. The first kappa shape index (κ1) is 21.7. The molecule has 1 atom stereocenters. The van der Waals surface area contributed by atoms with E-state index in [9.17, 15) is 34.4 Å². The van der Waals surface area contributed by atoms with E-state index in [-0.39, 0.29) is 0 Å². The third-order valence-electron chi connectivity index (χ3n) is 4.53. The first-order valence-corrected chi connectivity index (χ1v) is 11.3. The fraction of sp³-hybridized carbons (Fsp3) is 0.294. The van der Waals surface area contributed by atoms with Crippen LogP contribution in [0.1, 0.15) is 6.92 Å². The van der Waals surface area contributed by atoms with Gasteiger partial charge in [-0.25, -0.2) is 34.4 Å². The fourth-order valence-electron chi connectivity index (χ4n) is 3.19. The molecule has 1 saturated heterocycles. The Balaban J connectivity index is 1.92. The standard InChI is InChI=1S/C17H16F4N2O4S2/c1-11-10-22(28(24,25)16-12(18)4-2-5-13(16)19)8-9-23(11)29(26,27)17-14(20)6-3-7-15(17)21/h2-7,11H,8-10H2,1H3. The number of piperazine rings is 1. The van der Waals surface area contributed by atoms with Gasteiger partial charge < -0.3 is 0 Å². The average Bonchev–Trinajstić information content (AvgIpc) is 2.60. The molecule has 1 aliphatic heterocycles. The first-order valence-electron chi connectivity index (χ1n) is 8.38. The molecule has 158 valence electrons. The number of benzene rings is 2. The van der Waals surface area contributed by atoms with Gasteiger partial charge in [-0.15, -0.1) is 0 Å². The lowest BCUT2D eigenvalue weighted by molar-refractivity contribution is 0.211. The zero-order chi connectivity index (χ0) is 21.6. The summed E-state index contributed by atoms with van der Waals surface area (Å²) in [6, 6.07) is 4.16. The van der Waals surface area contributed by atoms with Crippen LogP contribution in [0.4, 0.5) is 17.6 Å². The number of rotatable bonds is 4. The van der Waals surface area contributed by atoms with Crippen molar-refractivity contribution < 1.29 is 34.4 Å². The van der Waals surface area contributed by atoms with Crippen molar-refractivity contribution >= 4 is 20.0 Å². The van der Waals surface area contributed by atoms with E-state index in [1.807, 2.05) is 0 Å². The highest BCUT2D eigenvalue weighted by Gasteiger charge is 2.41. The van der Waals surface area contributed by atoms with Gasteiger partial charge in [0.05, 0.1) is 0 Å². The lowest BCUT2D eigenvalue weighted by Crippen LogP contribution is -2.55. The summed E-state index contributed by atoms with van der Waals surface area (Å²) in [4.78, 5) is -2.27. The molecule has 0 amide bonds. The fourth-order valence-corrected chi connectivity index (χ4v) is 6.53. The van der Waals surface area contributed by atoms with E-state index in [2.05, 4.69) is 0 Å². The normalized spacial score (nSPS) is 19.4. The molecule has 0 radical (unpaired) electrons. The third kappa shape index (κ3) is 3.77. The van der Waals surface area contributed by atoms with Crippen molar-refractivity contribution in [1.29, 1.82) is 0 Å². The second kappa shape index (κ2) is 7.67. The van der Waals surface area contributed by atoms with Gasteiger partial charge in [-0.2, -0.15) is 8.61 Å². The van der Waals surface area contributed by atoms with Crippen molar-refractivity contribution in [3.05, 3.63) is 59.7 Å². The van der Waals surface area contributed by atoms with Crippen molar-refractivity contribution in [2.24, 2.45) is 0 Å². The van der Waals surface area contributed by atoms with Crippen LogP contribution in [0.3, 0.4) is 0 Å². The summed E-state index contributed by atoms with van der Waals surface area (Å²) in [7, 11) is -9.20. The SMILES string of the molecule is CC1CN(S(=O)(=O)c2c(F)cccc2F)CCN1S(=O)(=O)c1c(F)cccc1F. The maximum absolute atomic E-state index is 14.0. The summed E-state index contributed by atoms with van der Waals surface area (Å²) in [6.45, 7) is -0.0244. The van der Waals surface area contributed by atoms with Gasteiger partial charge in [0.2, 0.25) is 20.0 Å². The van der Waals surface area contributed by atoms with Crippen LogP contribution in [-0.2, 0) is 20.0 Å². The number of hydrogen-bond donors (Lipinski definition) is 0. The highest BCUT2D eigenvalue weighted by atomic mass is 32.2. The maximum Gasteiger partial charge on any atom is 0.249 e. The zero-order valence-corrected chi connectivity index (χ0v) is 16.7. The van der Waals surface area contributed by atoms with E-state index in [0.29, 0.717) is 0 Å². The lowest BCUT2D eigenvalue weighted by atomic mass is 10.3. The van der Waals surface area contributed by atoms with Crippen molar-refractivity contribution in [1.82, 2.24) is 8.61 Å². The van der Waals surface area contributed by atoms with E-state index in [1.54, 1.807) is 0 Å². The topological polar surface area (TPSA) is 74.8 Å². The monoisotopic (exact) mass is 452 g/mol. The molecule has 2 aromatic rings. The van der Waals surface area contributed by atoms with Crippen molar-refractivity contribution in [2.45, 2.75) is 22.8 Å². The minimum Gasteiger partial charge on any atom is -0.207 e. The molecule has 12 heteroatoms. The lowest BCUT2D eigenvalue weighted by Gasteiger charge is -2.38. The highest BCUT2D eigenvalue weighted by Crippen LogP contribution is 2.29. The summed E-state index contributed by atoms with van der Waals surface area (Å²) >= 11 is 0. The number of nitrogens with zero attached hydrogens (tertiary/aromatic N) is 2. The molecule has 0 spiro atoms. The smallest absolute Gasteiger partial charge is 0.207 e. The van der Waals surface area contributed by atoms with E-state index < -0.39 is 78.8 Å². The molecule has 2 aromatic carbocycles. The maximum atomic E-state index is 14.0. The van der Waals surface area contributed by atoms with E-state index in [0.717, 1.165) is 45.0 Å². The molecule has 0 aliphatic carbocycles. The summed E-state index contributed by atoms with van der Waals surface area (Å²) in [6.07, 6.45) is 0. The van der Waals surface area contributed by atoms with Crippen molar-refractivity contribution in [3.8, 4) is 0 Å². The molecule has 1 fully saturated rings. The first-order chi connectivity index (χ1) is 13.5. The van der Waals surface area contributed by atoms with Crippen molar-refractivity contribution in [2.75, 3.05) is 19.6 Å². The minimum atomic E-state index is -4.61. The molecule has 0 N–H and O–H groups in total. The van der Waals surface area contributed by atoms with Gasteiger partial charge in [-0.3, -0.25) is 0 Å². The van der Waals surface area contributed by atoms with Crippen LogP contribution in [0.25, 0.3) is 0 Å². The number of hydrogen-bond acceptors (Lipinski definition) is 4. The highest BCUT2D eigenvalue weighted by molar-refractivity contribution is 7.89. The molecule has 29 heavy (non-hydrogen) atoms. The second-order valence-corrected chi connectivity index (χ2v) is 10.1. The van der Waals surface area contributed by atoms with Gasteiger partial charge in [0.25, 0.3) is 0 Å². The van der Waals surface area contributed by atoms with Gasteiger partial charge in [0.15, 0.2) is 9.79 Å². The average molecular weight is 452 g/mol. The van der Waals surface area contributed by atoms with Gasteiger partial charge >= 0.3 is 0 Å². The second-order valence-electron chi connectivity index (χ2n) is 6.43. The predicted molar refractivity (Wildman–Crippen MR) is 94.8 cm³/mol. The Kier molecular flexibility index (Phi) is 5.73. The van der Waals surface area contributed by atoms with Crippen LogP contribution in [0, 0.1) is 23.3 Å². The Morgan fingerprint density at radius 2 is 1.17 bits per heavy atom. The predicted octanol–water partition coefficient (Wildman–Crippen LogP) is 2.33. The number of sulfonamides is 2. The molecule has 0 bridgehead atoms. The molecular formula is C17H16F4N2O4S2. The van der Waals surface area contributed by atoms with Crippen LogP contribution < -0.4 is 0 Å². The zero-order valence-electron chi connectivity index (χ0n) is 15.0. The summed E-state index contributed by atoms with van der Waals surface area (Å²) < 4.78 is 108. The van der Waals surface area contributed by atoms with E-state index in [1.165, 1.54) is 6.92 Å². The Morgan fingerprint density at radius 3 is 1.59 bits per heavy atom. The van der Waals surface area contributed by atoms with Crippen LogP contribution in [0.2, 0.25) is 0 Å². The Labute approximate surface area is 165 Å². The van der Waals surface area contributed by atoms with Gasteiger partial charge in [0, 0.05) is 25.7 Å². The molecule has 0 saturated carbocycles. The van der Waals surface area contributed by atoms with Crippen LogP contribution in [0.15, 0.2) is 46.2 Å². The van der Waals surface area contributed by atoms with Crippen molar-refractivity contribution in [3.63, 3.8) is 0 Å². The molecule has 0 aromatic heterocycles. The Bertz CT molecular complexity index is 1120. The van der Waals surface area contributed by atoms with E-state index >= 15 is 0 Å². The summed E-state index contributed by atoms with van der Waals surface area (Å²) in [5.41, 5.74) is 0. The molecular weight excluding hydrogens is 436 g/mol. The molecule has 1 aliphatic rings. The molecule has 3 rings (SSSR count). The third-order valence-corrected chi connectivity index (χ3v) is 8.51. The van der Waals surface area contributed by atoms with Gasteiger partial charge in [-0.05, 0) is 31.2 Å². The Morgan fingerprint density at radius 1 is 0.759 bits per heavy atom. The van der Waals surface area contributed by atoms with Crippen LogP contribution in [-0.4, -0.2) is 51.1 Å². The Hall–Kier alpha value is -2.02. The van der Waals surface area contributed by atoms with Gasteiger partial charge in [-0.1, -0.05) is 12.1 Å². The van der Waals surface area contributed by atoms with Gasteiger partial charge in [0.1, 0.15) is 23.3 Å². The number of halogens is 4. The molecule has 1 heterocycles. The summed E-state index contributed by atoms with van der Waals surface area (Å²) in [5, 5.41) is 0. The van der Waals surface area contributed by atoms with Crippen LogP contribution >= 0.6 is 0 Å². The largest absolute Gasteiger partial charge is 0.249 e. The molecule has 6 nitrogen and oxygen atoms in total. The quantitative estimate of drug-likeness (QED) is 0.668. The minimum absolute atomic E-state index is 0.449. The van der Waals surface area contributed by atoms with Crippen LogP contribution in [0.5, 0.6) is 0 Å². The summed E-state index contributed by atoms with van der Waals surface area (Å²) in [5.74, 6) is -5.11.